The molecule has 0 radical (unpaired) electrons. The van der Waals surface area contributed by atoms with Gasteiger partial charge in [0.05, 0.1) is 0 Å². The van der Waals surface area contributed by atoms with Crippen molar-refractivity contribution in [3.05, 3.63) is 40.9 Å². The van der Waals surface area contributed by atoms with Gasteiger partial charge in [0.25, 0.3) is 0 Å². The number of carboxylic acids is 1. The zero-order valence-corrected chi connectivity index (χ0v) is 9.68. The molecule has 92 valence electrons. The van der Waals surface area contributed by atoms with E-state index in [1.54, 1.807) is 0 Å². The van der Waals surface area contributed by atoms with Gasteiger partial charge in [-0.25, -0.2) is 9.59 Å². The maximum Gasteiger partial charge on any atom is 0.363 e. The third kappa shape index (κ3) is 2.64. The molecular weight excluding hydrogens is 258 g/mol. The molecule has 6 nitrogen and oxygen atoms in total. The molecule has 0 unspecified atom stereocenters. The Kier molecular flexibility index (Phi) is 3.24. The summed E-state index contributed by atoms with van der Waals surface area (Å²) in [6.07, 6.45) is 0. The molecule has 1 aromatic carbocycles. The van der Waals surface area contributed by atoms with Crippen LogP contribution in [0.15, 0.2) is 30.3 Å². The van der Waals surface area contributed by atoms with Gasteiger partial charge in [0.15, 0.2) is 5.69 Å². The van der Waals surface area contributed by atoms with Crippen molar-refractivity contribution in [3.63, 3.8) is 0 Å². The van der Waals surface area contributed by atoms with Crippen LogP contribution < -0.4 is 4.74 Å². The lowest BCUT2D eigenvalue weighted by Crippen LogP contribution is -2.08. The fraction of sp³-hybridized carbons (Fsp3) is 0. The van der Waals surface area contributed by atoms with E-state index in [9.17, 15) is 9.59 Å². The highest BCUT2D eigenvalue weighted by molar-refractivity contribution is 7.08. The van der Waals surface area contributed by atoms with E-state index >= 15 is 0 Å². The third-order valence-corrected chi connectivity index (χ3v) is 2.75. The summed E-state index contributed by atoms with van der Waals surface area (Å²) < 4.78 is 8.64. The van der Waals surface area contributed by atoms with E-state index in [2.05, 4.69) is 4.37 Å². The molecule has 1 aromatic heterocycles. The highest BCUT2D eigenvalue weighted by atomic mass is 32.1. The molecule has 0 aliphatic carbocycles. The molecule has 2 rings (SSSR count). The lowest BCUT2D eigenvalue weighted by molar-refractivity contribution is 0.0702. The number of carbonyl (C=O) groups excluding carboxylic acids is 1. The quantitative estimate of drug-likeness (QED) is 0.648. The van der Waals surface area contributed by atoms with Crippen molar-refractivity contribution in [2.45, 2.75) is 0 Å². The smallest absolute Gasteiger partial charge is 0.363 e. The molecule has 0 aliphatic rings. The van der Waals surface area contributed by atoms with Crippen molar-refractivity contribution in [3.8, 4) is 11.5 Å². The minimum absolute atomic E-state index is 0.0346. The van der Waals surface area contributed by atoms with E-state index in [0.29, 0.717) is 11.5 Å². The summed E-state index contributed by atoms with van der Waals surface area (Å²) in [7, 11) is 0. The van der Waals surface area contributed by atoms with E-state index in [4.69, 9.17) is 14.9 Å². The van der Waals surface area contributed by atoms with Gasteiger partial charge >= 0.3 is 11.9 Å². The van der Waals surface area contributed by atoms with Crippen LogP contribution >= 0.6 is 11.5 Å². The summed E-state index contributed by atoms with van der Waals surface area (Å²) in [4.78, 5) is 22.2. The second-order valence-electron chi connectivity index (χ2n) is 3.26. The van der Waals surface area contributed by atoms with Gasteiger partial charge in [-0.3, -0.25) is 0 Å². The van der Waals surface area contributed by atoms with Gasteiger partial charge in [-0.2, -0.15) is 4.37 Å². The van der Waals surface area contributed by atoms with E-state index in [0.717, 1.165) is 6.07 Å². The summed E-state index contributed by atoms with van der Waals surface area (Å²) in [6, 6.07) is 6.71. The number of hydrogen-bond acceptors (Lipinski definition) is 6. The lowest BCUT2D eigenvalue weighted by Gasteiger charge is -2.01. The number of carboxylic acid groups (broad SMARTS) is 1. The standard InChI is InChI=1S/C11H7NO5S/c13-6-1-3-7(4-2-6)17-11(16)8-5-9(10(14)15)18-12-8/h1-5,13H,(H,14,15). The first-order valence-electron chi connectivity index (χ1n) is 4.77. The predicted molar refractivity (Wildman–Crippen MR) is 62.1 cm³/mol. The third-order valence-electron chi connectivity index (χ3n) is 1.98. The Bertz CT molecular complexity index is 590. The molecule has 0 atom stereocenters. The monoisotopic (exact) mass is 265 g/mol. The Morgan fingerprint density at radius 2 is 1.89 bits per heavy atom. The van der Waals surface area contributed by atoms with Crippen LogP contribution in [0.5, 0.6) is 11.5 Å². The average Bonchev–Trinajstić information content (AvgIpc) is 2.81. The minimum atomic E-state index is -1.14. The summed E-state index contributed by atoms with van der Waals surface area (Å²) in [6.45, 7) is 0. The zero-order valence-electron chi connectivity index (χ0n) is 8.86. The molecule has 2 N–H and O–H groups in total. The van der Waals surface area contributed by atoms with E-state index < -0.39 is 11.9 Å². The fourth-order valence-electron chi connectivity index (χ4n) is 1.15. The van der Waals surface area contributed by atoms with Crippen molar-refractivity contribution >= 4 is 23.5 Å². The molecule has 0 spiro atoms. The van der Waals surface area contributed by atoms with Crippen molar-refractivity contribution in [1.82, 2.24) is 4.37 Å². The second kappa shape index (κ2) is 4.84. The van der Waals surface area contributed by atoms with Crippen LogP contribution in [0.25, 0.3) is 0 Å². The molecule has 1 heterocycles. The Hall–Kier alpha value is -2.41. The SMILES string of the molecule is O=C(Oc1ccc(O)cc1)c1cc(C(=O)O)sn1. The Morgan fingerprint density at radius 1 is 1.22 bits per heavy atom. The van der Waals surface area contributed by atoms with Crippen molar-refractivity contribution in [2.75, 3.05) is 0 Å². The number of carbonyl (C=O) groups is 2. The summed E-state index contributed by atoms with van der Waals surface area (Å²) in [5.41, 5.74) is -0.0644. The van der Waals surface area contributed by atoms with Crippen LogP contribution in [0.2, 0.25) is 0 Å². The van der Waals surface area contributed by atoms with Crippen LogP contribution in [0.4, 0.5) is 0 Å². The van der Waals surface area contributed by atoms with Gasteiger partial charge < -0.3 is 14.9 Å². The molecule has 2 aromatic rings. The number of hydrogen-bond donors (Lipinski definition) is 2. The maximum atomic E-state index is 11.6. The number of phenolic OH excluding ortho intramolecular Hbond substituents is 1. The average molecular weight is 265 g/mol. The number of benzene rings is 1. The summed E-state index contributed by atoms with van der Waals surface area (Å²) in [5, 5.41) is 17.7. The summed E-state index contributed by atoms with van der Waals surface area (Å²) in [5.74, 6) is -1.60. The van der Waals surface area contributed by atoms with Crippen molar-refractivity contribution in [2.24, 2.45) is 0 Å². The first-order chi connectivity index (χ1) is 8.56. The first-order valence-corrected chi connectivity index (χ1v) is 5.55. The highest BCUT2D eigenvalue weighted by Gasteiger charge is 2.16. The van der Waals surface area contributed by atoms with Gasteiger partial charge in [-0.05, 0) is 41.9 Å². The van der Waals surface area contributed by atoms with Crippen LogP contribution in [0, 0.1) is 0 Å². The maximum absolute atomic E-state index is 11.6. The molecule has 0 amide bonds. The predicted octanol–water partition coefficient (Wildman–Crippen LogP) is 1.77. The van der Waals surface area contributed by atoms with E-state index in [1.165, 1.54) is 24.3 Å². The van der Waals surface area contributed by atoms with Crippen LogP contribution in [-0.2, 0) is 0 Å². The van der Waals surface area contributed by atoms with Crippen LogP contribution in [0.3, 0.4) is 0 Å². The number of ether oxygens (including phenoxy) is 1. The first kappa shape index (κ1) is 12.1. The lowest BCUT2D eigenvalue weighted by atomic mass is 10.3. The van der Waals surface area contributed by atoms with Gasteiger partial charge in [-0.1, -0.05) is 0 Å². The Labute approximate surface area is 105 Å². The number of phenols is 1. The Morgan fingerprint density at radius 3 is 2.44 bits per heavy atom. The highest BCUT2D eigenvalue weighted by Crippen LogP contribution is 2.18. The van der Waals surface area contributed by atoms with Gasteiger partial charge in [0, 0.05) is 0 Å². The molecule has 0 saturated carbocycles. The van der Waals surface area contributed by atoms with E-state index in [-0.39, 0.29) is 22.1 Å². The molecular formula is C11H7NO5S. The number of aromatic nitrogens is 1. The van der Waals surface area contributed by atoms with Crippen LogP contribution in [0.1, 0.15) is 20.2 Å². The van der Waals surface area contributed by atoms with Crippen molar-refractivity contribution < 1.29 is 24.5 Å². The number of rotatable bonds is 3. The van der Waals surface area contributed by atoms with E-state index in [1.807, 2.05) is 0 Å². The van der Waals surface area contributed by atoms with Crippen molar-refractivity contribution in [1.29, 1.82) is 0 Å². The minimum Gasteiger partial charge on any atom is -0.508 e. The van der Waals surface area contributed by atoms with Gasteiger partial charge in [0.2, 0.25) is 0 Å². The molecule has 0 bridgehead atoms. The largest absolute Gasteiger partial charge is 0.508 e. The molecule has 0 fully saturated rings. The summed E-state index contributed by atoms with van der Waals surface area (Å²) >= 11 is 0.709. The molecule has 0 aliphatic heterocycles. The number of aromatic carboxylic acids is 1. The number of esters is 1. The van der Waals surface area contributed by atoms with Gasteiger partial charge in [-0.15, -0.1) is 0 Å². The zero-order chi connectivity index (χ0) is 13.1. The van der Waals surface area contributed by atoms with Gasteiger partial charge in [0.1, 0.15) is 16.4 Å². The number of nitrogens with zero attached hydrogens (tertiary/aromatic N) is 1. The topological polar surface area (TPSA) is 96.7 Å². The molecule has 18 heavy (non-hydrogen) atoms. The number of aromatic hydroxyl groups is 1. The molecule has 0 saturated heterocycles. The normalized spacial score (nSPS) is 10.0. The Balaban J connectivity index is 2.11. The molecule has 7 heteroatoms. The van der Waals surface area contributed by atoms with Crippen LogP contribution in [-0.4, -0.2) is 26.5 Å². The fourth-order valence-corrected chi connectivity index (χ4v) is 1.71. The second-order valence-corrected chi connectivity index (χ2v) is 4.07.